The number of aryl methyl sites for hydroxylation is 2. The average Bonchev–Trinajstić information content (AvgIpc) is 3.00. The van der Waals surface area contributed by atoms with E-state index in [1.165, 1.54) is 6.33 Å². The van der Waals surface area contributed by atoms with Gasteiger partial charge < -0.3 is 10.0 Å². The molecule has 3 rings (SSSR count). The Morgan fingerprint density at radius 2 is 2.12 bits per heavy atom. The molecule has 0 aliphatic carbocycles. The van der Waals surface area contributed by atoms with Gasteiger partial charge in [0.25, 0.3) is 5.91 Å². The first-order valence-corrected chi connectivity index (χ1v) is 8.46. The summed E-state index contributed by atoms with van der Waals surface area (Å²) in [5.41, 5.74) is 2.79. The third-order valence-corrected chi connectivity index (χ3v) is 4.44. The highest BCUT2D eigenvalue weighted by Crippen LogP contribution is 2.24. The number of carbonyl (C=O) groups excluding carboxylic acids is 1. The molecule has 3 heterocycles. The predicted octanol–water partition coefficient (Wildman–Crippen LogP) is 1.54. The molecule has 1 aliphatic heterocycles. The largest absolute Gasteiger partial charge is 0.476 e. The molecule has 2 aromatic rings. The van der Waals surface area contributed by atoms with Crippen molar-refractivity contribution >= 4 is 11.9 Å². The molecule has 0 unspecified atom stereocenters. The van der Waals surface area contributed by atoms with Crippen LogP contribution in [0, 0.1) is 0 Å². The molecule has 1 N–H and O–H groups in total. The predicted molar refractivity (Wildman–Crippen MR) is 89.3 cm³/mol. The van der Waals surface area contributed by atoms with E-state index < -0.39 is 5.97 Å². The Morgan fingerprint density at radius 3 is 2.80 bits per heavy atom. The lowest BCUT2D eigenvalue weighted by molar-refractivity contribution is 0.0673. The van der Waals surface area contributed by atoms with Crippen molar-refractivity contribution in [3.63, 3.8) is 0 Å². The van der Waals surface area contributed by atoms with Crippen molar-refractivity contribution in [1.82, 2.24) is 24.6 Å². The fourth-order valence-corrected chi connectivity index (χ4v) is 3.24. The smallest absolute Gasteiger partial charge is 0.356 e. The number of nitrogens with zero attached hydrogens (tertiary/aromatic N) is 5. The molecule has 1 aliphatic rings. The molecule has 0 spiro atoms. The van der Waals surface area contributed by atoms with Gasteiger partial charge in [0.1, 0.15) is 6.33 Å². The van der Waals surface area contributed by atoms with Crippen molar-refractivity contribution in [3.05, 3.63) is 40.7 Å². The van der Waals surface area contributed by atoms with Crippen LogP contribution in [0.2, 0.25) is 0 Å². The summed E-state index contributed by atoms with van der Waals surface area (Å²) in [6.07, 6.45) is 5.17. The quantitative estimate of drug-likeness (QED) is 0.884. The Labute approximate surface area is 145 Å². The van der Waals surface area contributed by atoms with Crippen molar-refractivity contribution in [1.29, 1.82) is 0 Å². The summed E-state index contributed by atoms with van der Waals surface area (Å²) in [6.45, 7) is 5.33. The molecule has 8 heteroatoms. The zero-order valence-electron chi connectivity index (χ0n) is 14.4. The van der Waals surface area contributed by atoms with E-state index in [4.69, 9.17) is 0 Å². The van der Waals surface area contributed by atoms with E-state index in [1.54, 1.807) is 15.8 Å². The Kier molecular flexibility index (Phi) is 4.78. The SMILES string of the molecule is CCCc1ncncc1C(=O)N1CCc2c(c(C(=O)O)nn2CC)C1. The van der Waals surface area contributed by atoms with Crippen LogP contribution in [0.4, 0.5) is 0 Å². The van der Waals surface area contributed by atoms with Crippen molar-refractivity contribution in [3.8, 4) is 0 Å². The van der Waals surface area contributed by atoms with Crippen LogP contribution in [-0.4, -0.2) is 48.2 Å². The maximum atomic E-state index is 12.9. The summed E-state index contributed by atoms with van der Waals surface area (Å²) >= 11 is 0. The van der Waals surface area contributed by atoms with Gasteiger partial charge in [-0.1, -0.05) is 13.3 Å². The average molecular weight is 343 g/mol. The fraction of sp³-hybridized carbons (Fsp3) is 0.471. The second-order valence-electron chi connectivity index (χ2n) is 6.00. The normalized spacial score (nSPS) is 13.6. The van der Waals surface area contributed by atoms with Crippen LogP contribution < -0.4 is 0 Å². The van der Waals surface area contributed by atoms with Crippen LogP contribution in [-0.2, 0) is 25.9 Å². The second kappa shape index (κ2) is 7.00. The van der Waals surface area contributed by atoms with Crippen molar-refractivity contribution in [2.45, 2.75) is 46.2 Å². The number of carboxylic acid groups (broad SMARTS) is 1. The fourth-order valence-electron chi connectivity index (χ4n) is 3.24. The van der Waals surface area contributed by atoms with E-state index in [2.05, 4.69) is 15.1 Å². The van der Waals surface area contributed by atoms with Gasteiger partial charge in [0.2, 0.25) is 0 Å². The summed E-state index contributed by atoms with van der Waals surface area (Å²) in [6, 6.07) is 0. The van der Waals surface area contributed by atoms with Gasteiger partial charge in [-0.2, -0.15) is 5.10 Å². The Hall–Kier alpha value is -2.77. The maximum Gasteiger partial charge on any atom is 0.356 e. The lowest BCUT2D eigenvalue weighted by Crippen LogP contribution is -2.37. The lowest BCUT2D eigenvalue weighted by Gasteiger charge is -2.28. The topological polar surface area (TPSA) is 101 Å². The van der Waals surface area contributed by atoms with Crippen LogP contribution in [0.1, 0.15) is 58.1 Å². The first kappa shape index (κ1) is 17.1. The minimum absolute atomic E-state index is 0.0347. The minimum Gasteiger partial charge on any atom is -0.476 e. The van der Waals surface area contributed by atoms with Gasteiger partial charge in [-0.15, -0.1) is 0 Å². The maximum absolute atomic E-state index is 12.9. The number of hydrogen-bond acceptors (Lipinski definition) is 5. The van der Waals surface area contributed by atoms with Crippen LogP contribution >= 0.6 is 0 Å². The molecule has 25 heavy (non-hydrogen) atoms. The standard InChI is InChI=1S/C17H21N5O3/c1-3-5-13-11(8-18-10-19-13)16(23)21-7-6-14-12(9-21)15(17(24)25)20-22(14)4-2/h8,10H,3-7,9H2,1-2H3,(H,24,25). The summed E-state index contributed by atoms with van der Waals surface area (Å²) < 4.78 is 1.72. The van der Waals surface area contributed by atoms with Gasteiger partial charge in [0.05, 0.1) is 17.8 Å². The molecule has 0 radical (unpaired) electrons. The molecular weight excluding hydrogens is 322 g/mol. The van der Waals surface area contributed by atoms with E-state index in [9.17, 15) is 14.7 Å². The van der Waals surface area contributed by atoms with E-state index in [-0.39, 0.29) is 18.1 Å². The van der Waals surface area contributed by atoms with Gasteiger partial charge in [0, 0.05) is 37.0 Å². The third-order valence-electron chi connectivity index (χ3n) is 4.44. The molecule has 132 valence electrons. The number of carboxylic acids is 1. The molecular formula is C17H21N5O3. The number of hydrogen-bond donors (Lipinski definition) is 1. The van der Waals surface area contributed by atoms with Crippen molar-refractivity contribution < 1.29 is 14.7 Å². The van der Waals surface area contributed by atoms with Gasteiger partial charge >= 0.3 is 5.97 Å². The van der Waals surface area contributed by atoms with Gasteiger partial charge in [0.15, 0.2) is 5.69 Å². The van der Waals surface area contributed by atoms with E-state index in [1.807, 2.05) is 13.8 Å². The van der Waals surface area contributed by atoms with E-state index in [0.29, 0.717) is 37.1 Å². The number of rotatable bonds is 5. The molecule has 0 aromatic carbocycles. The number of amides is 1. The highest BCUT2D eigenvalue weighted by molar-refractivity contribution is 5.95. The van der Waals surface area contributed by atoms with E-state index in [0.717, 1.165) is 17.8 Å². The molecule has 0 saturated carbocycles. The second-order valence-corrected chi connectivity index (χ2v) is 6.00. The minimum atomic E-state index is -1.06. The molecule has 8 nitrogen and oxygen atoms in total. The number of aromatic carboxylic acids is 1. The molecule has 2 aromatic heterocycles. The van der Waals surface area contributed by atoms with Gasteiger partial charge in [-0.25, -0.2) is 14.8 Å². The lowest BCUT2D eigenvalue weighted by atomic mass is 10.0. The van der Waals surface area contributed by atoms with Gasteiger partial charge in [-0.05, 0) is 13.3 Å². The van der Waals surface area contributed by atoms with Crippen LogP contribution in [0.15, 0.2) is 12.5 Å². The van der Waals surface area contributed by atoms with Crippen LogP contribution in [0.25, 0.3) is 0 Å². The molecule has 1 amide bonds. The van der Waals surface area contributed by atoms with E-state index >= 15 is 0 Å². The molecule has 0 fully saturated rings. The van der Waals surface area contributed by atoms with Crippen molar-refractivity contribution in [2.24, 2.45) is 0 Å². The zero-order chi connectivity index (χ0) is 18.0. The highest BCUT2D eigenvalue weighted by atomic mass is 16.4. The first-order valence-electron chi connectivity index (χ1n) is 8.46. The zero-order valence-corrected chi connectivity index (χ0v) is 14.4. The molecule has 0 bridgehead atoms. The summed E-state index contributed by atoms with van der Waals surface area (Å²) in [4.78, 5) is 34.3. The molecule has 0 saturated heterocycles. The Balaban J connectivity index is 1.91. The first-order chi connectivity index (χ1) is 12.1. The van der Waals surface area contributed by atoms with Gasteiger partial charge in [-0.3, -0.25) is 9.48 Å². The Bertz CT molecular complexity index is 815. The monoisotopic (exact) mass is 343 g/mol. The van der Waals surface area contributed by atoms with Crippen molar-refractivity contribution in [2.75, 3.05) is 6.54 Å². The number of fused-ring (bicyclic) bond motifs is 1. The number of carbonyl (C=O) groups is 2. The number of aromatic nitrogens is 4. The third kappa shape index (κ3) is 3.11. The van der Waals surface area contributed by atoms with Crippen LogP contribution in [0.5, 0.6) is 0 Å². The van der Waals surface area contributed by atoms with Crippen LogP contribution in [0.3, 0.4) is 0 Å². The Morgan fingerprint density at radius 1 is 1.32 bits per heavy atom. The summed E-state index contributed by atoms with van der Waals surface area (Å²) in [5.74, 6) is -1.22. The molecule has 0 atom stereocenters. The summed E-state index contributed by atoms with van der Waals surface area (Å²) in [5, 5.41) is 13.6. The highest BCUT2D eigenvalue weighted by Gasteiger charge is 2.30. The summed E-state index contributed by atoms with van der Waals surface area (Å²) in [7, 11) is 0.